The maximum Gasteiger partial charge on any atom is 0.239 e. The van der Waals surface area contributed by atoms with Crippen LogP contribution >= 0.6 is 0 Å². The zero-order valence-electron chi connectivity index (χ0n) is 9.87. The molecule has 1 fully saturated rings. The van der Waals surface area contributed by atoms with Crippen molar-refractivity contribution >= 4 is 5.91 Å². The molecule has 0 spiro atoms. The van der Waals surface area contributed by atoms with Gasteiger partial charge in [-0.3, -0.25) is 4.79 Å². The molecule has 0 bridgehead atoms. The number of carbonyl (C=O) groups is 1. The first-order valence-electron chi connectivity index (χ1n) is 6.30. The van der Waals surface area contributed by atoms with E-state index < -0.39 is 0 Å². The van der Waals surface area contributed by atoms with Gasteiger partial charge in [0.05, 0.1) is 6.04 Å². The Morgan fingerprint density at radius 1 is 1.33 bits per heavy atom. The topological polar surface area (TPSA) is 46.3 Å². The highest BCUT2D eigenvalue weighted by molar-refractivity contribution is 5.81. The summed E-state index contributed by atoms with van der Waals surface area (Å²) in [4.78, 5) is 13.8. The molecule has 88 valence electrons. The van der Waals surface area contributed by atoms with Gasteiger partial charge in [-0.25, -0.2) is 0 Å². The fourth-order valence-corrected chi connectivity index (χ4v) is 2.09. The van der Waals surface area contributed by atoms with Crippen LogP contribution in [0.5, 0.6) is 0 Å². The highest BCUT2D eigenvalue weighted by atomic mass is 16.2. The van der Waals surface area contributed by atoms with E-state index in [4.69, 9.17) is 5.73 Å². The fraction of sp³-hybridized carbons (Fsp3) is 0.917. The third kappa shape index (κ3) is 4.20. The van der Waals surface area contributed by atoms with Crippen LogP contribution < -0.4 is 5.73 Å². The van der Waals surface area contributed by atoms with E-state index in [1.807, 2.05) is 4.90 Å². The first-order valence-corrected chi connectivity index (χ1v) is 6.30. The maximum atomic E-state index is 11.8. The second kappa shape index (κ2) is 6.83. The van der Waals surface area contributed by atoms with Crippen molar-refractivity contribution in [3.8, 4) is 0 Å². The van der Waals surface area contributed by atoms with Gasteiger partial charge in [-0.1, -0.05) is 26.2 Å². The average molecular weight is 212 g/mol. The van der Waals surface area contributed by atoms with Gasteiger partial charge in [0.1, 0.15) is 0 Å². The Balaban J connectivity index is 2.28. The molecule has 0 aromatic carbocycles. The Kier molecular flexibility index (Phi) is 5.69. The molecular weight excluding hydrogens is 188 g/mol. The van der Waals surface area contributed by atoms with Gasteiger partial charge in [0.15, 0.2) is 0 Å². The maximum absolute atomic E-state index is 11.8. The Morgan fingerprint density at radius 3 is 2.87 bits per heavy atom. The van der Waals surface area contributed by atoms with Gasteiger partial charge in [-0.15, -0.1) is 0 Å². The van der Waals surface area contributed by atoms with Crippen LogP contribution in [0.4, 0.5) is 0 Å². The van der Waals surface area contributed by atoms with Crippen molar-refractivity contribution in [2.45, 2.75) is 57.9 Å². The van der Waals surface area contributed by atoms with Crippen molar-refractivity contribution in [1.82, 2.24) is 4.90 Å². The number of amides is 1. The van der Waals surface area contributed by atoms with E-state index in [-0.39, 0.29) is 11.9 Å². The average Bonchev–Trinajstić information content (AvgIpc) is 2.39. The molecular formula is C12H24N2O. The van der Waals surface area contributed by atoms with Gasteiger partial charge in [0, 0.05) is 13.1 Å². The van der Waals surface area contributed by atoms with E-state index in [1.54, 1.807) is 0 Å². The van der Waals surface area contributed by atoms with Crippen molar-refractivity contribution in [2.75, 3.05) is 13.1 Å². The van der Waals surface area contributed by atoms with Crippen molar-refractivity contribution in [3.05, 3.63) is 0 Å². The van der Waals surface area contributed by atoms with E-state index in [0.29, 0.717) is 0 Å². The molecule has 1 heterocycles. The standard InChI is InChI=1S/C12H24N2O/c1-2-3-4-6-9-14-10-7-5-8-11(13)12(14)15/h11H,2-10,13H2,1H3/t11-/m0/s1. The van der Waals surface area contributed by atoms with Gasteiger partial charge in [0.25, 0.3) is 0 Å². The molecule has 15 heavy (non-hydrogen) atoms. The lowest BCUT2D eigenvalue weighted by molar-refractivity contribution is -0.132. The normalized spacial score (nSPS) is 22.9. The molecule has 0 saturated carbocycles. The Hall–Kier alpha value is -0.570. The number of likely N-dealkylation sites (tertiary alicyclic amines) is 1. The molecule has 1 saturated heterocycles. The Labute approximate surface area is 93.0 Å². The highest BCUT2D eigenvalue weighted by Gasteiger charge is 2.22. The van der Waals surface area contributed by atoms with Crippen LogP contribution in [0.25, 0.3) is 0 Å². The summed E-state index contributed by atoms with van der Waals surface area (Å²) in [7, 11) is 0. The first kappa shape index (κ1) is 12.5. The third-order valence-electron chi connectivity index (χ3n) is 3.10. The SMILES string of the molecule is CCCCCCN1CCCC[C@H](N)C1=O. The number of hydrogen-bond donors (Lipinski definition) is 1. The van der Waals surface area contributed by atoms with Gasteiger partial charge < -0.3 is 10.6 Å². The lowest BCUT2D eigenvalue weighted by Gasteiger charge is -2.22. The van der Waals surface area contributed by atoms with Crippen molar-refractivity contribution in [3.63, 3.8) is 0 Å². The van der Waals surface area contributed by atoms with Gasteiger partial charge >= 0.3 is 0 Å². The van der Waals surface area contributed by atoms with Crippen LogP contribution in [0.3, 0.4) is 0 Å². The molecule has 0 aromatic heterocycles. The minimum absolute atomic E-state index is 0.170. The van der Waals surface area contributed by atoms with E-state index in [9.17, 15) is 4.79 Å². The predicted octanol–water partition coefficient (Wildman–Crippen LogP) is 1.91. The number of unbranched alkanes of at least 4 members (excludes halogenated alkanes) is 3. The molecule has 0 aromatic rings. The zero-order valence-corrected chi connectivity index (χ0v) is 9.87. The first-order chi connectivity index (χ1) is 7.25. The summed E-state index contributed by atoms with van der Waals surface area (Å²) < 4.78 is 0. The van der Waals surface area contributed by atoms with E-state index in [2.05, 4.69) is 6.92 Å². The van der Waals surface area contributed by atoms with Crippen LogP contribution in [-0.2, 0) is 4.79 Å². The van der Waals surface area contributed by atoms with E-state index >= 15 is 0 Å². The zero-order chi connectivity index (χ0) is 11.1. The molecule has 0 radical (unpaired) electrons. The lowest BCUT2D eigenvalue weighted by atomic mass is 10.1. The fourth-order valence-electron chi connectivity index (χ4n) is 2.09. The van der Waals surface area contributed by atoms with Gasteiger partial charge in [0.2, 0.25) is 5.91 Å². The van der Waals surface area contributed by atoms with Gasteiger partial charge in [-0.05, 0) is 25.7 Å². The molecule has 2 N–H and O–H groups in total. The smallest absolute Gasteiger partial charge is 0.239 e. The van der Waals surface area contributed by atoms with Crippen LogP contribution in [-0.4, -0.2) is 29.9 Å². The van der Waals surface area contributed by atoms with Gasteiger partial charge in [-0.2, -0.15) is 0 Å². The molecule has 1 rings (SSSR count). The minimum Gasteiger partial charge on any atom is -0.341 e. The minimum atomic E-state index is -0.237. The summed E-state index contributed by atoms with van der Waals surface area (Å²) in [5, 5.41) is 0. The molecule has 1 aliphatic heterocycles. The van der Waals surface area contributed by atoms with Crippen LogP contribution in [0.2, 0.25) is 0 Å². The molecule has 0 aliphatic carbocycles. The second-order valence-electron chi connectivity index (χ2n) is 4.49. The van der Waals surface area contributed by atoms with E-state index in [0.717, 1.165) is 38.8 Å². The summed E-state index contributed by atoms with van der Waals surface area (Å²) in [6.07, 6.45) is 7.96. The summed E-state index contributed by atoms with van der Waals surface area (Å²) in [5.41, 5.74) is 5.81. The van der Waals surface area contributed by atoms with Crippen molar-refractivity contribution in [2.24, 2.45) is 5.73 Å². The van der Waals surface area contributed by atoms with Crippen LogP contribution in [0.15, 0.2) is 0 Å². The number of carbonyl (C=O) groups excluding carboxylic acids is 1. The quantitative estimate of drug-likeness (QED) is 0.708. The monoisotopic (exact) mass is 212 g/mol. The summed E-state index contributed by atoms with van der Waals surface area (Å²) in [6.45, 7) is 4.03. The van der Waals surface area contributed by atoms with Crippen molar-refractivity contribution < 1.29 is 4.79 Å². The number of hydrogen-bond acceptors (Lipinski definition) is 2. The Bertz CT molecular complexity index is 194. The highest BCUT2D eigenvalue weighted by Crippen LogP contribution is 2.12. The largest absolute Gasteiger partial charge is 0.341 e. The predicted molar refractivity (Wildman–Crippen MR) is 62.5 cm³/mol. The lowest BCUT2D eigenvalue weighted by Crippen LogP contribution is -2.42. The molecule has 3 nitrogen and oxygen atoms in total. The summed E-state index contributed by atoms with van der Waals surface area (Å²) in [5.74, 6) is 0.170. The third-order valence-corrected chi connectivity index (χ3v) is 3.10. The van der Waals surface area contributed by atoms with Crippen molar-refractivity contribution in [1.29, 1.82) is 0 Å². The second-order valence-corrected chi connectivity index (χ2v) is 4.49. The van der Waals surface area contributed by atoms with Crippen LogP contribution in [0, 0.1) is 0 Å². The number of rotatable bonds is 5. The molecule has 1 amide bonds. The number of nitrogens with zero attached hydrogens (tertiary/aromatic N) is 1. The number of nitrogens with two attached hydrogens (primary N) is 1. The summed E-state index contributed by atoms with van der Waals surface area (Å²) >= 11 is 0. The summed E-state index contributed by atoms with van der Waals surface area (Å²) in [6, 6.07) is -0.237. The molecule has 1 aliphatic rings. The molecule has 0 unspecified atom stereocenters. The molecule has 1 atom stereocenters. The molecule has 3 heteroatoms. The van der Waals surface area contributed by atoms with E-state index in [1.165, 1.54) is 19.3 Å². The Morgan fingerprint density at radius 2 is 2.13 bits per heavy atom. The van der Waals surface area contributed by atoms with Crippen LogP contribution in [0.1, 0.15) is 51.9 Å².